The van der Waals surface area contributed by atoms with Gasteiger partial charge in [0.2, 0.25) is 5.91 Å². The quantitative estimate of drug-likeness (QED) is 0.0636. The van der Waals surface area contributed by atoms with Crippen LogP contribution in [0.15, 0.2) is 53.6 Å². The van der Waals surface area contributed by atoms with Crippen LogP contribution >= 0.6 is 0 Å². The molecule has 0 aliphatic heterocycles. The maximum atomic E-state index is 12.4. The molecule has 0 aliphatic carbocycles. The number of hydrogen-bond donors (Lipinski definition) is 2. The fraction of sp³-hybridized carbons (Fsp3) is 0.500. The van der Waals surface area contributed by atoms with E-state index in [4.69, 9.17) is 9.47 Å². The number of nitrogens with one attached hydrogen (secondary N) is 2. The third kappa shape index (κ3) is 13.9. The lowest BCUT2D eigenvalue weighted by atomic mass is 10.1. The number of benzene rings is 2. The van der Waals surface area contributed by atoms with Gasteiger partial charge in [0.15, 0.2) is 11.5 Å². The zero-order chi connectivity index (χ0) is 28.8. The van der Waals surface area contributed by atoms with Crippen molar-refractivity contribution in [2.75, 3.05) is 13.2 Å². The molecular formula is C32H45N3O5. The normalized spacial score (nSPS) is 10.8. The molecule has 8 heteroatoms. The van der Waals surface area contributed by atoms with Crippen LogP contribution in [0.1, 0.15) is 107 Å². The van der Waals surface area contributed by atoms with Crippen LogP contribution in [0.5, 0.6) is 11.5 Å². The van der Waals surface area contributed by atoms with Gasteiger partial charge in [-0.2, -0.15) is 5.10 Å². The minimum atomic E-state index is -0.485. The maximum Gasteiger partial charge on any atom is 0.343 e. The number of carbonyl (C=O) groups excluding carboxylic acids is 3. The summed E-state index contributed by atoms with van der Waals surface area (Å²) >= 11 is 0. The van der Waals surface area contributed by atoms with E-state index in [0.29, 0.717) is 29.9 Å². The highest BCUT2D eigenvalue weighted by molar-refractivity contribution is 5.91. The Morgan fingerprint density at radius 1 is 0.775 bits per heavy atom. The summed E-state index contributed by atoms with van der Waals surface area (Å²) in [6.07, 6.45) is 15.4. The van der Waals surface area contributed by atoms with Gasteiger partial charge in [0, 0.05) is 6.42 Å². The van der Waals surface area contributed by atoms with Crippen molar-refractivity contribution in [2.24, 2.45) is 5.10 Å². The summed E-state index contributed by atoms with van der Waals surface area (Å²) in [5.41, 5.74) is 3.48. The van der Waals surface area contributed by atoms with Crippen LogP contribution in [0.3, 0.4) is 0 Å². The van der Waals surface area contributed by atoms with Crippen LogP contribution in [0.2, 0.25) is 0 Å². The van der Waals surface area contributed by atoms with Crippen molar-refractivity contribution in [3.63, 3.8) is 0 Å². The first-order valence-corrected chi connectivity index (χ1v) is 14.7. The predicted octanol–water partition coefficient (Wildman–Crippen LogP) is 6.57. The summed E-state index contributed by atoms with van der Waals surface area (Å²) in [4.78, 5) is 36.5. The largest absolute Gasteiger partial charge is 0.490 e. The maximum absolute atomic E-state index is 12.4. The molecule has 2 amide bonds. The Morgan fingerprint density at radius 3 is 2.08 bits per heavy atom. The summed E-state index contributed by atoms with van der Waals surface area (Å²) in [5, 5.41) is 6.59. The average Bonchev–Trinajstić information content (AvgIpc) is 2.96. The third-order valence-corrected chi connectivity index (χ3v) is 6.34. The molecule has 2 rings (SSSR count). The van der Waals surface area contributed by atoms with E-state index in [1.807, 2.05) is 13.0 Å². The first-order valence-electron chi connectivity index (χ1n) is 14.7. The van der Waals surface area contributed by atoms with Gasteiger partial charge >= 0.3 is 5.97 Å². The topological polar surface area (TPSA) is 106 Å². The molecule has 0 radical (unpaired) electrons. The Balaban J connectivity index is 1.64. The van der Waals surface area contributed by atoms with Gasteiger partial charge in [-0.05, 0) is 49.2 Å². The van der Waals surface area contributed by atoms with E-state index in [-0.39, 0.29) is 18.2 Å². The lowest BCUT2D eigenvalue weighted by Gasteiger charge is -2.11. The first-order chi connectivity index (χ1) is 19.5. The smallest absolute Gasteiger partial charge is 0.343 e. The van der Waals surface area contributed by atoms with Crippen molar-refractivity contribution < 1.29 is 23.9 Å². The highest BCUT2D eigenvalue weighted by atomic mass is 16.6. The van der Waals surface area contributed by atoms with Crippen molar-refractivity contribution in [3.8, 4) is 11.5 Å². The second kappa shape index (κ2) is 20.3. The number of rotatable bonds is 20. The Labute approximate surface area is 238 Å². The molecule has 2 N–H and O–H groups in total. The zero-order valence-corrected chi connectivity index (χ0v) is 24.1. The van der Waals surface area contributed by atoms with Gasteiger partial charge < -0.3 is 14.8 Å². The van der Waals surface area contributed by atoms with Crippen LogP contribution in [0, 0.1) is 0 Å². The van der Waals surface area contributed by atoms with Gasteiger partial charge in [0.05, 0.1) is 24.9 Å². The number of hydrazone groups is 1. The summed E-state index contributed by atoms with van der Waals surface area (Å²) in [7, 11) is 0. The van der Waals surface area contributed by atoms with Crippen molar-refractivity contribution >= 4 is 24.0 Å². The molecule has 0 saturated heterocycles. The number of amides is 2. The van der Waals surface area contributed by atoms with Gasteiger partial charge in [-0.25, -0.2) is 10.2 Å². The number of carbonyl (C=O) groups is 3. The third-order valence-electron chi connectivity index (χ3n) is 6.34. The van der Waals surface area contributed by atoms with E-state index in [0.717, 1.165) is 19.3 Å². The minimum absolute atomic E-state index is 0.128. The molecule has 40 heavy (non-hydrogen) atoms. The fourth-order valence-electron chi connectivity index (χ4n) is 4.13. The van der Waals surface area contributed by atoms with E-state index < -0.39 is 11.9 Å². The van der Waals surface area contributed by atoms with Crippen LogP contribution in [0.4, 0.5) is 0 Å². The zero-order valence-electron chi connectivity index (χ0n) is 24.1. The van der Waals surface area contributed by atoms with Gasteiger partial charge in [0.1, 0.15) is 0 Å². The number of ether oxygens (including phenoxy) is 2. The predicted molar refractivity (Wildman–Crippen MR) is 159 cm³/mol. The van der Waals surface area contributed by atoms with Gasteiger partial charge in [-0.15, -0.1) is 0 Å². The Hall–Kier alpha value is -3.68. The highest BCUT2D eigenvalue weighted by Gasteiger charge is 2.13. The molecule has 0 aromatic heterocycles. The van der Waals surface area contributed by atoms with Crippen molar-refractivity contribution in [1.82, 2.24) is 10.7 Å². The molecule has 0 bridgehead atoms. The van der Waals surface area contributed by atoms with Gasteiger partial charge in [-0.1, -0.05) is 89.3 Å². The minimum Gasteiger partial charge on any atom is -0.490 e. The van der Waals surface area contributed by atoms with E-state index in [1.54, 1.807) is 42.5 Å². The van der Waals surface area contributed by atoms with Gasteiger partial charge in [0.25, 0.3) is 5.91 Å². The van der Waals surface area contributed by atoms with Crippen LogP contribution in [-0.2, 0) is 9.59 Å². The first kappa shape index (κ1) is 32.5. The van der Waals surface area contributed by atoms with Crippen molar-refractivity contribution in [1.29, 1.82) is 0 Å². The van der Waals surface area contributed by atoms with Crippen LogP contribution < -0.4 is 20.2 Å². The molecule has 0 fully saturated rings. The molecule has 0 aliphatic rings. The molecule has 0 spiro atoms. The number of hydrogen-bond acceptors (Lipinski definition) is 6. The molecule has 0 heterocycles. The van der Waals surface area contributed by atoms with Crippen LogP contribution in [-0.4, -0.2) is 37.1 Å². The lowest BCUT2D eigenvalue weighted by molar-refractivity contribution is -0.126. The van der Waals surface area contributed by atoms with Crippen molar-refractivity contribution in [2.45, 2.75) is 90.9 Å². The molecule has 0 saturated carbocycles. The summed E-state index contributed by atoms with van der Waals surface area (Å²) in [5.74, 6) is -0.353. The molecule has 0 unspecified atom stereocenters. The lowest BCUT2D eigenvalue weighted by Crippen LogP contribution is -2.34. The van der Waals surface area contributed by atoms with Gasteiger partial charge in [-0.3, -0.25) is 9.59 Å². The number of nitrogens with zero attached hydrogens (tertiary/aromatic N) is 1. The molecule has 2 aromatic carbocycles. The summed E-state index contributed by atoms with van der Waals surface area (Å²) < 4.78 is 11.1. The Bertz CT molecular complexity index is 1060. The Morgan fingerprint density at radius 2 is 1.43 bits per heavy atom. The molecule has 8 nitrogen and oxygen atoms in total. The van der Waals surface area contributed by atoms with Crippen LogP contribution in [0.25, 0.3) is 0 Å². The second-order valence-corrected chi connectivity index (χ2v) is 9.75. The summed E-state index contributed by atoms with van der Waals surface area (Å²) in [6, 6.07) is 13.7. The van der Waals surface area contributed by atoms with E-state index in [1.165, 1.54) is 57.6 Å². The number of unbranched alkanes of at least 4 members (excludes halogenated alkanes) is 10. The molecule has 2 aromatic rings. The molecular weight excluding hydrogens is 506 g/mol. The second-order valence-electron chi connectivity index (χ2n) is 9.75. The SMILES string of the molecule is CCCCCCCCCCCCCC(=O)NCC(=O)NN=Cc1ccc(OC(=O)c2ccccc2)c(OCC)c1. The van der Waals surface area contributed by atoms with E-state index >= 15 is 0 Å². The standard InChI is InChI=1S/C32H45N3O5/c1-3-5-6-7-8-9-10-11-12-13-17-20-30(36)33-25-31(37)35-34-24-26-21-22-28(29(23-26)39-4-2)40-32(38)27-18-15-14-16-19-27/h14-16,18-19,21-24H,3-13,17,20,25H2,1-2H3,(H,33,36)(H,35,37). The molecule has 218 valence electrons. The number of esters is 1. The fourth-order valence-corrected chi connectivity index (χ4v) is 4.13. The van der Waals surface area contributed by atoms with E-state index in [2.05, 4.69) is 22.8 Å². The van der Waals surface area contributed by atoms with Crippen molar-refractivity contribution in [3.05, 3.63) is 59.7 Å². The average molecular weight is 552 g/mol. The van der Waals surface area contributed by atoms with E-state index in [9.17, 15) is 14.4 Å². The monoisotopic (exact) mass is 551 g/mol. The molecule has 0 atom stereocenters. The highest BCUT2D eigenvalue weighted by Crippen LogP contribution is 2.29. The summed E-state index contributed by atoms with van der Waals surface area (Å²) in [6.45, 7) is 4.32. The Kier molecular flexibility index (Phi) is 16.5.